The molecule has 1 fully saturated rings. The molecule has 2 amide bonds. The standard InChI is InChI=1S/C15H19BrN2O2/c1-5-12-13(19)17-15(3,4)14(20)18(12)10-6-7-11(16)9(2)8-10/h6-8,12H,5H2,1-4H3,(H,17,19). The van der Waals surface area contributed by atoms with Gasteiger partial charge in [0.2, 0.25) is 5.91 Å². The minimum absolute atomic E-state index is 0.0781. The van der Waals surface area contributed by atoms with Crippen LogP contribution in [0.3, 0.4) is 0 Å². The van der Waals surface area contributed by atoms with Crippen molar-refractivity contribution in [3.05, 3.63) is 28.2 Å². The summed E-state index contributed by atoms with van der Waals surface area (Å²) in [7, 11) is 0. The Kier molecular flexibility index (Phi) is 3.91. The average Bonchev–Trinajstić information content (AvgIpc) is 2.36. The maximum absolute atomic E-state index is 12.7. The van der Waals surface area contributed by atoms with Crippen molar-refractivity contribution < 1.29 is 9.59 Å². The van der Waals surface area contributed by atoms with Gasteiger partial charge in [0, 0.05) is 10.2 Å². The lowest BCUT2D eigenvalue weighted by atomic mass is 9.95. The molecular formula is C15H19BrN2O2. The first-order valence-electron chi connectivity index (χ1n) is 6.69. The van der Waals surface area contributed by atoms with E-state index in [-0.39, 0.29) is 11.8 Å². The fraction of sp³-hybridized carbons (Fsp3) is 0.467. The summed E-state index contributed by atoms with van der Waals surface area (Å²) in [6.07, 6.45) is 0.586. The molecule has 0 saturated carbocycles. The minimum atomic E-state index is -0.871. The molecule has 0 aliphatic carbocycles. The van der Waals surface area contributed by atoms with E-state index in [0.717, 1.165) is 15.7 Å². The van der Waals surface area contributed by atoms with Gasteiger partial charge in [0.25, 0.3) is 5.91 Å². The summed E-state index contributed by atoms with van der Waals surface area (Å²) in [6.45, 7) is 7.35. The molecule has 0 radical (unpaired) electrons. The zero-order valence-electron chi connectivity index (χ0n) is 12.2. The lowest BCUT2D eigenvalue weighted by molar-refractivity contribution is -0.137. The average molecular weight is 339 g/mol. The van der Waals surface area contributed by atoms with Gasteiger partial charge in [-0.1, -0.05) is 22.9 Å². The van der Waals surface area contributed by atoms with Crippen molar-refractivity contribution in [1.82, 2.24) is 5.32 Å². The van der Waals surface area contributed by atoms with Crippen molar-refractivity contribution in [2.45, 2.75) is 45.7 Å². The molecule has 1 unspecified atom stereocenters. The van der Waals surface area contributed by atoms with Crippen LogP contribution >= 0.6 is 15.9 Å². The Bertz CT molecular complexity index is 569. The summed E-state index contributed by atoms with van der Waals surface area (Å²) < 4.78 is 0.988. The van der Waals surface area contributed by atoms with Crippen LogP contribution in [0.1, 0.15) is 32.8 Å². The fourth-order valence-electron chi connectivity index (χ4n) is 2.45. The van der Waals surface area contributed by atoms with Gasteiger partial charge in [-0.05, 0) is 51.0 Å². The number of halogens is 1. The summed E-state index contributed by atoms with van der Waals surface area (Å²) >= 11 is 3.45. The molecule has 0 aromatic heterocycles. The molecule has 1 aromatic carbocycles. The number of anilines is 1. The molecule has 20 heavy (non-hydrogen) atoms. The summed E-state index contributed by atoms with van der Waals surface area (Å²) in [5, 5.41) is 2.79. The quantitative estimate of drug-likeness (QED) is 0.901. The third kappa shape index (κ3) is 2.46. The molecular weight excluding hydrogens is 320 g/mol. The van der Waals surface area contributed by atoms with E-state index in [9.17, 15) is 9.59 Å². The SMILES string of the molecule is CCC1C(=O)NC(C)(C)C(=O)N1c1ccc(Br)c(C)c1. The third-order valence-corrected chi connectivity index (χ3v) is 4.50. The fourth-order valence-corrected chi connectivity index (χ4v) is 2.70. The molecule has 4 nitrogen and oxygen atoms in total. The van der Waals surface area contributed by atoms with Crippen LogP contribution in [0.15, 0.2) is 22.7 Å². The van der Waals surface area contributed by atoms with E-state index < -0.39 is 11.6 Å². The number of nitrogens with one attached hydrogen (secondary N) is 1. The molecule has 1 aliphatic rings. The van der Waals surface area contributed by atoms with Crippen LogP contribution in [0, 0.1) is 6.92 Å². The van der Waals surface area contributed by atoms with Crippen LogP contribution in [-0.2, 0) is 9.59 Å². The largest absolute Gasteiger partial charge is 0.340 e. The summed E-state index contributed by atoms with van der Waals surface area (Å²) in [5.74, 6) is -0.177. The first-order valence-corrected chi connectivity index (χ1v) is 7.49. The molecule has 0 bridgehead atoms. The zero-order chi connectivity index (χ0) is 15.1. The van der Waals surface area contributed by atoms with Crippen LogP contribution in [0.25, 0.3) is 0 Å². The number of piperazine rings is 1. The Balaban J connectivity index is 2.51. The van der Waals surface area contributed by atoms with Crippen molar-refractivity contribution in [2.75, 3.05) is 4.90 Å². The summed E-state index contributed by atoms with van der Waals surface area (Å²) in [6, 6.07) is 5.26. The molecule has 1 heterocycles. The second-order valence-electron chi connectivity index (χ2n) is 5.65. The number of amides is 2. The normalized spacial score (nSPS) is 21.9. The van der Waals surface area contributed by atoms with Gasteiger partial charge < -0.3 is 5.32 Å². The smallest absolute Gasteiger partial charge is 0.252 e. The van der Waals surface area contributed by atoms with E-state index in [2.05, 4.69) is 21.2 Å². The van der Waals surface area contributed by atoms with Crippen LogP contribution in [-0.4, -0.2) is 23.4 Å². The number of hydrogen-bond donors (Lipinski definition) is 1. The Morgan fingerprint density at radius 3 is 2.55 bits per heavy atom. The van der Waals surface area contributed by atoms with E-state index in [1.54, 1.807) is 18.7 Å². The number of carbonyl (C=O) groups is 2. The first-order chi connectivity index (χ1) is 9.27. The van der Waals surface area contributed by atoms with Gasteiger partial charge in [-0.25, -0.2) is 0 Å². The number of aryl methyl sites for hydroxylation is 1. The number of benzene rings is 1. The van der Waals surface area contributed by atoms with Gasteiger partial charge in [-0.2, -0.15) is 0 Å². The van der Waals surface area contributed by atoms with E-state index in [1.807, 2.05) is 32.0 Å². The molecule has 1 aromatic rings. The first kappa shape index (κ1) is 15.0. The van der Waals surface area contributed by atoms with Gasteiger partial charge in [0.05, 0.1) is 0 Å². The van der Waals surface area contributed by atoms with E-state index in [0.29, 0.717) is 6.42 Å². The lowest BCUT2D eigenvalue weighted by Gasteiger charge is -2.42. The van der Waals surface area contributed by atoms with Crippen LogP contribution in [0.4, 0.5) is 5.69 Å². The van der Waals surface area contributed by atoms with Gasteiger partial charge in [0.15, 0.2) is 0 Å². The predicted molar refractivity (Wildman–Crippen MR) is 82.7 cm³/mol. The van der Waals surface area contributed by atoms with Crippen LogP contribution in [0.2, 0.25) is 0 Å². The minimum Gasteiger partial charge on any atom is -0.340 e. The van der Waals surface area contributed by atoms with E-state index >= 15 is 0 Å². The Morgan fingerprint density at radius 2 is 2.00 bits per heavy atom. The summed E-state index contributed by atoms with van der Waals surface area (Å²) in [5.41, 5.74) is 0.934. The number of rotatable bonds is 2. The topological polar surface area (TPSA) is 49.4 Å². The molecule has 1 N–H and O–H groups in total. The maximum atomic E-state index is 12.7. The molecule has 108 valence electrons. The Labute approximate surface area is 127 Å². The number of nitrogens with zero attached hydrogens (tertiary/aromatic N) is 1. The molecule has 2 rings (SSSR count). The summed E-state index contributed by atoms with van der Waals surface area (Å²) in [4.78, 5) is 26.5. The zero-order valence-corrected chi connectivity index (χ0v) is 13.7. The number of hydrogen-bond acceptors (Lipinski definition) is 2. The van der Waals surface area contributed by atoms with Crippen molar-refractivity contribution in [3.8, 4) is 0 Å². The predicted octanol–water partition coefficient (Wildman–Crippen LogP) is 2.78. The van der Waals surface area contributed by atoms with E-state index in [4.69, 9.17) is 0 Å². The van der Waals surface area contributed by atoms with Gasteiger partial charge in [-0.15, -0.1) is 0 Å². The van der Waals surface area contributed by atoms with Gasteiger partial charge in [-0.3, -0.25) is 14.5 Å². The monoisotopic (exact) mass is 338 g/mol. The van der Waals surface area contributed by atoms with Crippen LogP contribution in [0.5, 0.6) is 0 Å². The highest BCUT2D eigenvalue weighted by Gasteiger charge is 2.45. The molecule has 0 spiro atoms. The lowest BCUT2D eigenvalue weighted by Crippen LogP contribution is -2.68. The number of carbonyl (C=O) groups excluding carboxylic acids is 2. The highest BCUT2D eigenvalue weighted by Crippen LogP contribution is 2.29. The van der Waals surface area contributed by atoms with Crippen molar-refractivity contribution in [3.63, 3.8) is 0 Å². The van der Waals surface area contributed by atoms with Gasteiger partial charge >= 0.3 is 0 Å². The highest BCUT2D eigenvalue weighted by atomic mass is 79.9. The Morgan fingerprint density at radius 1 is 1.35 bits per heavy atom. The van der Waals surface area contributed by atoms with Crippen LogP contribution < -0.4 is 10.2 Å². The molecule has 1 atom stereocenters. The van der Waals surface area contributed by atoms with Crippen molar-refractivity contribution in [2.24, 2.45) is 0 Å². The third-order valence-electron chi connectivity index (χ3n) is 3.61. The molecule has 1 saturated heterocycles. The molecule has 5 heteroatoms. The maximum Gasteiger partial charge on any atom is 0.252 e. The second-order valence-corrected chi connectivity index (χ2v) is 6.50. The Hall–Kier alpha value is -1.36. The second kappa shape index (κ2) is 5.20. The van der Waals surface area contributed by atoms with Crippen molar-refractivity contribution >= 4 is 33.4 Å². The molecule has 1 aliphatic heterocycles. The highest BCUT2D eigenvalue weighted by molar-refractivity contribution is 9.10. The van der Waals surface area contributed by atoms with Crippen molar-refractivity contribution in [1.29, 1.82) is 0 Å². The van der Waals surface area contributed by atoms with Gasteiger partial charge in [0.1, 0.15) is 11.6 Å². The van der Waals surface area contributed by atoms with E-state index in [1.165, 1.54) is 0 Å².